The average Bonchev–Trinajstić information content (AvgIpc) is 3.00. The van der Waals surface area contributed by atoms with Crippen LogP contribution in [0, 0.1) is 5.41 Å². The summed E-state index contributed by atoms with van der Waals surface area (Å²) in [6, 6.07) is 4.37. The molecule has 1 aromatic rings. The Morgan fingerprint density at radius 2 is 2.18 bits per heavy atom. The van der Waals surface area contributed by atoms with Gasteiger partial charge in [-0.1, -0.05) is 25.8 Å². The molecule has 0 amide bonds. The first-order valence-corrected chi connectivity index (χ1v) is 7.61. The van der Waals surface area contributed by atoms with Gasteiger partial charge in [0.1, 0.15) is 0 Å². The van der Waals surface area contributed by atoms with Gasteiger partial charge in [0, 0.05) is 18.0 Å². The van der Waals surface area contributed by atoms with E-state index in [9.17, 15) is 0 Å². The van der Waals surface area contributed by atoms with Crippen molar-refractivity contribution in [3.8, 4) is 0 Å². The van der Waals surface area contributed by atoms with Crippen LogP contribution in [0.5, 0.6) is 0 Å². The average molecular weight is 252 g/mol. The van der Waals surface area contributed by atoms with E-state index >= 15 is 0 Å². The molecule has 2 N–H and O–H groups in total. The lowest BCUT2D eigenvalue weighted by Gasteiger charge is -2.33. The zero-order valence-electron chi connectivity index (χ0n) is 10.8. The lowest BCUT2D eigenvalue weighted by Crippen LogP contribution is -2.40. The van der Waals surface area contributed by atoms with Gasteiger partial charge in [-0.3, -0.25) is 4.90 Å². The zero-order valence-corrected chi connectivity index (χ0v) is 11.6. The summed E-state index contributed by atoms with van der Waals surface area (Å²) in [7, 11) is 0. The Kier molecular flexibility index (Phi) is 4.60. The molecule has 0 saturated heterocycles. The first-order valence-electron chi connectivity index (χ1n) is 6.73. The quantitative estimate of drug-likeness (QED) is 0.843. The summed E-state index contributed by atoms with van der Waals surface area (Å²) < 4.78 is 0. The van der Waals surface area contributed by atoms with Gasteiger partial charge in [0.15, 0.2) is 0 Å². The number of rotatable bonds is 6. The van der Waals surface area contributed by atoms with Gasteiger partial charge in [0.05, 0.1) is 0 Å². The number of thiophene rings is 1. The summed E-state index contributed by atoms with van der Waals surface area (Å²) >= 11 is 1.86. The minimum Gasteiger partial charge on any atom is -0.330 e. The molecule has 1 fully saturated rings. The van der Waals surface area contributed by atoms with E-state index in [1.54, 1.807) is 0 Å². The lowest BCUT2D eigenvalue weighted by atomic mass is 9.85. The van der Waals surface area contributed by atoms with Crippen molar-refractivity contribution in [2.75, 3.05) is 19.6 Å². The second kappa shape index (κ2) is 5.98. The highest BCUT2D eigenvalue weighted by Crippen LogP contribution is 2.38. The molecule has 0 radical (unpaired) electrons. The van der Waals surface area contributed by atoms with E-state index in [1.807, 2.05) is 11.3 Å². The first-order chi connectivity index (χ1) is 8.28. The molecular weight excluding hydrogens is 228 g/mol. The standard InChI is InChI=1S/C14H24N2S/c1-2-16(10-13-6-5-9-17-13)12-14(11-15)7-3-4-8-14/h5-6,9H,2-4,7-8,10-12,15H2,1H3. The minimum absolute atomic E-state index is 0.410. The maximum absolute atomic E-state index is 6.02. The van der Waals surface area contributed by atoms with Crippen LogP contribution in [0.25, 0.3) is 0 Å². The third-order valence-electron chi connectivity index (χ3n) is 4.06. The van der Waals surface area contributed by atoms with Crippen molar-refractivity contribution in [2.45, 2.75) is 39.2 Å². The molecule has 3 heteroatoms. The Morgan fingerprint density at radius 1 is 1.41 bits per heavy atom. The van der Waals surface area contributed by atoms with Crippen molar-refractivity contribution in [3.05, 3.63) is 22.4 Å². The first kappa shape index (κ1) is 13.1. The summed E-state index contributed by atoms with van der Waals surface area (Å²) in [5, 5.41) is 2.16. The third-order valence-corrected chi connectivity index (χ3v) is 4.92. The van der Waals surface area contributed by atoms with Gasteiger partial charge in [0.2, 0.25) is 0 Å². The highest BCUT2D eigenvalue weighted by atomic mass is 32.1. The maximum Gasteiger partial charge on any atom is 0.0328 e. The molecule has 17 heavy (non-hydrogen) atoms. The smallest absolute Gasteiger partial charge is 0.0328 e. The van der Waals surface area contributed by atoms with E-state index in [0.29, 0.717) is 5.41 Å². The van der Waals surface area contributed by atoms with Gasteiger partial charge in [-0.2, -0.15) is 0 Å². The van der Waals surface area contributed by atoms with E-state index in [2.05, 4.69) is 29.3 Å². The summed E-state index contributed by atoms with van der Waals surface area (Å²) in [6.07, 6.45) is 5.39. The predicted octanol–water partition coefficient (Wildman–Crippen LogP) is 3.09. The fraction of sp³-hybridized carbons (Fsp3) is 0.714. The van der Waals surface area contributed by atoms with Crippen LogP contribution >= 0.6 is 11.3 Å². The van der Waals surface area contributed by atoms with E-state index in [1.165, 1.54) is 37.1 Å². The van der Waals surface area contributed by atoms with Crippen LogP contribution < -0.4 is 5.73 Å². The Morgan fingerprint density at radius 3 is 2.71 bits per heavy atom. The summed E-state index contributed by atoms with van der Waals surface area (Å²) in [6.45, 7) is 6.51. The van der Waals surface area contributed by atoms with Crippen LogP contribution in [0.1, 0.15) is 37.5 Å². The Hall–Kier alpha value is -0.380. The van der Waals surface area contributed by atoms with Gasteiger partial charge in [-0.05, 0) is 42.8 Å². The van der Waals surface area contributed by atoms with Crippen molar-refractivity contribution < 1.29 is 0 Å². The number of nitrogens with two attached hydrogens (primary N) is 1. The molecule has 0 aromatic carbocycles. The van der Waals surface area contributed by atoms with Crippen LogP contribution in [0.4, 0.5) is 0 Å². The molecule has 1 aliphatic rings. The predicted molar refractivity (Wildman–Crippen MR) is 75.2 cm³/mol. The molecule has 0 aliphatic heterocycles. The molecule has 0 spiro atoms. The SMILES string of the molecule is CCN(Cc1cccs1)CC1(CN)CCCC1. The molecule has 2 nitrogen and oxygen atoms in total. The topological polar surface area (TPSA) is 29.3 Å². The van der Waals surface area contributed by atoms with Gasteiger partial charge >= 0.3 is 0 Å². The van der Waals surface area contributed by atoms with Crippen LogP contribution in [0.3, 0.4) is 0 Å². The van der Waals surface area contributed by atoms with E-state index < -0.39 is 0 Å². The summed E-state index contributed by atoms with van der Waals surface area (Å²) in [5.74, 6) is 0. The van der Waals surface area contributed by atoms with Gasteiger partial charge in [-0.15, -0.1) is 11.3 Å². The van der Waals surface area contributed by atoms with Crippen LogP contribution in [-0.4, -0.2) is 24.5 Å². The molecule has 0 atom stereocenters. The Labute approximate surface area is 109 Å². The van der Waals surface area contributed by atoms with E-state index in [4.69, 9.17) is 5.73 Å². The fourth-order valence-electron chi connectivity index (χ4n) is 2.93. The normalized spacial score (nSPS) is 19.0. The Balaban J connectivity index is 1.94. The second-order valence-corrected chi connectivity index (χ2v) is 6.33. The second-order valence-electron chi connectivity index (χ2n) is 5.29. The molecule has 1 heterocycles. The zero-order chi connectivity index (χ0) is 12.1. The molecule has 96 valence electrons. The van der Waals surface area contributed by atoms with E-state index in [-0.39, 0.29) is 0 Å². The highest BCUT2D eigenvalue weighted by molar-refractivity contribution is 7.09. The fourth-order valence-corrected chi connectivity index (χ4v) is 3.67. The van der Waals surface area contributed by atoms with Gasteiger partial charge < -0.3 is 5.73 Å². The van der Waals surface area contributed by atoms with Gasteiger partial charge in [-0.25, -0.2) is 0 Å². The molecular formula is C14H24N2S. The third kappa shape index (κ3) is 3.30. The number of hydrogen-bond donors (Lipinski definition) is 1. The maximum atomic E-state index is 6.02. The lowest BCUT2D eigenvalue weighted by molar-refractivity contribution is 0.158. The van der Waals surface area contributed by atoms with E-state index in [0.717, 1.165) is 19.6 Å². The molecule has 1 aromatic heterocycles. The van der Waals surface area contributed by atoms with Crippen molar-refractivity contribution in [1.82, 2.24) is 4.90 Å². The van der Waals surface area contributed by atoms with Gasteiger partial charge in [0.25, 0.3) is 0 Å². The molecule has 2 rings (SSSR count). The van der Waals surface area contributed by atoms with Crippen LogP contribution in [0.2, 0.25) is 0 Å². The molecule has 1 aliphatic carbocycles. The molecule has 1 saturated carbocycles. The number of nitrogens with zero attached hydrogens (tertiary/aromatic N) is 1. The van der Waals surface area contributed by atoms with Crippen molar-refractivity contribution in [2.24, 2.45) is 11.1 Å². The van der Waals surface area contributed by atoms with Crippen LogP contribution in [0.15, 0.2) is 17.5 Å². The van der Waals surface area contributed by atoms with Crippen LogP contribution in [-0.2, 0) is 6.54 Å². The Bertz CT molecular complexity index is 315. The highest BCUT2D eigenvalue weighted by Gasteiger charge is 2.33. The molecule has 0 bridgehead atoms. The number of hydrogen-bond acceptors (Lipinski definition) is 3. The van der Waals surface area contributed by atoms with Crippen molar-refractivity contribution >= 4 is 11.3 Å². The minimum atomic E-state index is 0.410. The monoisotopic (exact) mass is 252 g/mol. The van der Waals surface area contributed by atoms with Crippen molar-refractivity contribution in [3.63, 3.8) is 0 Å². The summed E-state index contributed by atoms with van der Waals surface area (Å²) in [5.41, 5.74) is 6.43. The molecule has 0 unspecified atom stereocenters. The largest absolute Gasteiger partial charge is 0.330 e. The van der Waals surface area contributed by atoms with Crippen molar-refractivity contribution in [1.29, 1.82) is 0 Å². The summed E-state index contributed by atoms with van der Waals surface area (Å²) in [4.78, 5) is 4.03.